The zero-order valence-electron chi connectivity index (χ0n) is 12.0. The minimum absolute atomic E-state index is 0.184. The summed E-state index contributed by atoms with van der Waals surface area (Å²) in [5.74, 6) is -0.123. The summed E-state index contributed by atoms with van der Waals surface area (Å²) in [6.45, 7) is 0.950. The Morgan fingerprint density at radius 3 is 2.65 bits per heavy atom. The van der Waals surface area contributed by atoms with E-state index in [1.165, 1.54) is 18.3 Å². The summed E-state index contributed by atoms with van der Waals surface area (Å²) in [6.07, 6.45) is -2.24. The summed E-state index contributed by atoms with van der Waals surface area (Å²) in [6, 6.07) is 4.72. The lowest BCUT2D eigenvalue weighted by atomic mass is 10.1. The number of rotatable bonds is 3. The van der Waals surface area contributed by atoms with Crippen molar-refractivity contribution in [1.82, 2.24) is 9.97 Å². The molecule has 2 N–H and O–H groups in total. The topological polar surface area (TPSA) is 67.0 Å². The van der Waals surface area contributed by atoms with Gasteiger partial charge in [0.15, 0.2) is 0 Å². The number of ether oxygens (including phenoxy) is 1. The maximum atomic E-state index is 12.5. The molecule has 0 spiro atoms. The molecule has 23 heavy (non-hydrogen) atoms. The Hall–Kier alpha value is -2.35. The van der Waals surface area contributed by atoms with Crippen LogP contribution in [0.5, 0.6) is 0 Å². The molecule has 1 saturated heterocycles. The first kappa shape index (κ1) is 15.5. The molecular formula is C15H14F3N3O2. The largest absolute Gasteiger partial charge is 0.416 e. The number of carbonyl (C=O) groups is 1. The Balaban J connectivity index is 1.70. The molecule has 1 aliphatic heterocycles. The highest BCUT2D eigenvalue weighted by Gasteiger charge is 2.30. The minimum atomic E-state index is -4.37. The summed E-state index contributed by atoms with van der Waals surface area (Å²) in [5, 5.41) is 2.64. The van der Waals surface area contributed by atoms with Gasteiger partial charge in [0.2, 0.25) is 11.9 Å². The molecule has 1 aromatic heterocycles. The molecule has 3 rings (SSSR count). The number of nitrogens with one attached hydrogen (secondary N) is 2. The first-order chi connectivity index (χ1) is 10.9. The number of imidazole rings is 1. The van der Waals surface area contributed by atoms with Crippen LogP contribution in [0.15, 0.2) is 30.5 Å². The van der Waals surface area contributed by atoms with Crippen LogP contribution in [0.3, 0.4) is 0 Å². The summed E-state index contributed by atoms with van der Waals surface area (Å²) in [5.41, 5.74) is 0.363. The molecule has 8 heteroatoms. The van der Waals surface area contributed by atoms with Crippen LogP contribution in [-0.4, -0.2) is 29.1 Å². The van der Waals surface area contributed by atoms with Crippen LogP contribution < -0.4 is 5.32 Å². The van der Waals surface area contributed by atoms with E-state index < -0.39 is 11.7 Å². The highest BCUT2D eigenvalue weighted by Crippen LogP contribution is 2.30. The third-order valence-electron chi connectivity index (χ3n) is 3.64. The average Bonchev–Trinajstić information content (AvgIpc) is 3.18. The summed E-state index contributed by atoms with van der Waals surface area (Å²) in [4.78, 5) is 18.8. The fourth-order valence-electron chi connectivity index (χ4n) is 2.33. The molecule has 0 saturated carbocycles. The number of alkyl halides is 3. The van der Waals surface area contributed by atoms with Crippen molar-refractivity contribution < 1.29 is 22.7 Å². The van der Waals surface area contributed by atoms with Crippen molar-refractivity contribution in [3.8, 4) is 11.3 Å². The predicted octanol–water partition coefficient (Wildman–Crippen LogP) is 3.07. The van der Waals surface area contributed by atoms with Gasteiger partial charge in [-0.05, 0) is 24.1 Å². The highest BCUT2D eigenvalue weighted by molar-refractivity contribution is 5.91. The number of nitrogens with zero attached hydrogens (tertiary/aromatic N) is 1. The Morgan fingerprint density at radius 1 is 1.30 bits per heavy atom. The smallest absolute Gasteiger partial charge is 0.381 e. The normalized spacial score (nSPS) is 18.1. The number of aromatic nitrogens is 2. The van der Waals surface area contributed by atoms with E-state index in [1.807, 2.05) is 0 Å². The Bertz CT molecular complexity index is 689. The van der Waals surface area contributed by atoms with Crippen LogP contribution in [0, 0.1) is 5.92 Å². The second kappa shape index (κ2) is 6.04. The van der Waals surface area contributed by atoms with Crippen LogP contribution in [0.25, 0.3) is 11.3 Å². The van der Waals surface area contributed by atoms with Gasteiger partial charge in [0, 0.05) is 6.61 Å². The number of halogens is 3. The van der Waals surface area contributed by atoms with Gasteiger partial charge in [0.25, 0.3) is 0 Å². The molecule has 1 unspecified atom stereocenters. The highest BCUT2D eigenvalue weighted by atomic mass is 19.4. The van der Waals surface area contributed by atoms with Crippen molar-refractivity contribution in [3.05, 3.63) is 36.0 Å². The van der Waals surface area contributed by atoms with E-state index in [4.69, 9.17) is 4.74 Å². The number of benzene rings is 1. The molecule has 0 bridgehead atoms. The van der Waals surface area contributed by atoms with E-state index in [0.717, 1.165) is 12.1 Å². The first-order valence-corrected chi connectivity index (χ1v) is 7.05. The summed E-state index contributed by atoms with van der Waals surface area (Å²) < 4.78 is 42.8. The van der Waals surface area contributed by atoms with Crippen LogP contribution in [0.4, 0.5) is 19.1 Å². The number of carbonyl (C=O) groups excluding carboxylic acids is 1. The molecule has 2 aromatic rings. The molecule has 1 aromatic carbocycles. The molecule has 2 heterocycles. The number of hydrogen-bond donors (Lipinski definition) is 2. The second-order valence-electron chi connectivity index (χ2n) is 5.27. The van der Waals surface area contributed by atoms with E-state index >= 15 is 0 Å². The van der Waals surface area contributed by atoms with Gasteiger partial charge in [-0.1, -0.05) is 12.1 Å². The number of H-pyrrole nitrogens is 1. The standard InChI is InChI=1S/C15H14F3N3O2/c16-15(17,18)11-3-1-9(2-4-11)12-7-19-14(20-12)21-13(22)10-5-6-23-8-10/h1-4,7,10H,5-6,8H2,(H2,19,20,21,22). The van der Waals surface area contributed by atoms with Crippen molar-refractivity contribution in [2.24, 2.45) is 5.92 Å². The zero-order chi connectivity index (χ0) is 16.4. The molecule has 1 fully saturated rings. The maximum absolute atomic E-state index is 12.5. The van der Waals surface area contributed by atoms with Gasteiger partial charge in [-0.2, -0.15) is 13.2 Å². The number of aromatic amines is 1. The Morgan fingerprint density at radius 2 is 2.04 bits per heavy atom. The second-order valence-corrected chi connectivity index (χ2v) is 5.27. The van der Waals surface area contributed by atoms with Crippen molar-refractivity contribution in [1.29, 1.82) is 0 Å². The Labute approximate surface area is 129 Å². The Kier molecular flexibility index (Phi) is 4.08. The third kappa shape index (κ3) is 3.53. The van der Waals surface area contributed by atoms with Crippen LogP contribution in [-0.2, 0) is 15.7 Å². The van der Waals surface area contributed by atoms with Gasteiger partial charge in [-0.3, -0.25) is 10.1 Å². The van der Waals surface area contributed by atoms with E-state index in [-0.39, 0.29) is 17.8 Å². The van der Waals surface area contributed by atoms with Crippen LogP contribution >= 0.6 is 0 Å². The van der Waals surface area contributed by atoms with E-state index in [2.05, 4.69) is 15.3 Å². The first-order valence-electron chi connectivity index (χ1n) is 7.05. The van der Waals surface area contributed by atoms with E-state index in [0.29, 0.717) is 30.9 Å². The summed E-state index contributed by atoms with van der Waals surface area (Å²) >= 11 is 0. The van der Waals surface area contributed by atoms with E-state index in [9.17, 15) is 18.0 Å². The van der Waals surface area contributed by atoms with Crippen molar-refractivity contribution in [2.45, 2.75) is 12.6 Å². The molecule has 1 atom stereocenters. The molecule has 0 radical (unpaired) electrons. The van der Waals surface area contributed by atoms with Crippen LogP contribution in [0.2, 0.25) is 0 Å². The molecule has 5 nitrogen and oxygen atoms in total. The molecule has 122 valence electrons. The predicted molar refractivity (Wildman–Crippen MR) is 76.6 cm³/mol. The summed E-state index contributed by atoms with van der Waals surface area (Å²) in [7, 11) is 0. The number of amides is 1. The lowest BCUT2D eigenvalue weighted by molar-refractivity contribution is -0.137. The molecule has 1 aliphatic rings. The molecular weight excluding hydrogens is 311 g/mol. The monoisotopic (exact) mass is 325 g/mol. The average molecular weight is 325 g/mol. The van der Waals surface area contributed by atoms with Gasteiger partial charge in [-0.25, -0.2) is 4.98 Å². The van der Waals surface area contributed by atoms with Gasteiger partial charge in [0.05, 0.1) is 30.0 Å². The maximum Gasteiger partial charge on any atom is 0.416 e. The third-order valence-corrected chi connectivity index (χ3v) is 3.64. The number of anilines is 1. The van der Waals surface area contributed by atoms with Gasteiger partial charge in [0.1, 0.15) is 0 Å². The van der Waals surface area contributed by atoms with Gasteiger partial charge in [-0.15, -0.1) is 0 Å². The number of hydrogen-bond acceptors (Lipinski definition) is 3. The van der Waals surface area contributed by atoms with Crippen molar-refractivity contribution in [2.75, 3.05) is 18.5 Å². The molecule has 1 amide bonds. The quantitative estimate of drug-likeness (QED) is 0.911. The fourth-order valence-corrected chi connectivity index (χ4v) is 2.33. The minimum Gasteiger partial charge on any atom is -0.381 e. The van der Waals surface area contributed by atoms with Gasteiger partial charge < -0.3 is 9.72 Å². The van der Waals surface area contributed by atoms with Crippen molar-refractivity contribution in [3.63, 3.8) is 0 Å². The lowest BCUT2D eigenvalue weighted by Crippen LogP contribution is -2.23. The fraction of sp³-hybridized carbons (Fsp3) is 0.333. The zero-order valence-corrected chi connectivity index (χ0v) is 12.0. The lowest BCUT2D eigenvalue weighted by Gasteiger charge is -2.07. The van der Waals surface area contributed by atoms with Crippen molar-refractivity contribution >= 4 is 11.9 Å². The van der Waals surface area contributed by atoms with E-state index in [1.54, 1.807) is 0 Å². The van der Waals surface area contributed by atoms with Gasteiger partial charge >= 0.3 is 6.18 Å². The van der Waals surface area contributed by atoms with Crippen LogP contribution in [0.1, 0.15) is 12.0 Å². The SMILES string of the molecule is O=C(Nc1ncc(-c2ccc(C(F)(F)F)cc2)[nH]1)C1CCOC1. The molecule has 0 aliphatic carbocycles.